The van der Waals surface area contributed by atoms with Crippen LogP contribution in [0, 0.1) is 13.8 Å². The van der Waals surface area contributed by atoms with Gasteiger partial charge in [0.1, 0.15) is 11.4 Å². The molecule has 1 N–H and O–H groups in total. The molecular weight excluding hydrogens is 498 g/mol. The summed E-state index contributed by atoms with van der Waals surface area (Å²) in [6.07, 6.45) is 5.37. The van der Waals surface area contributed by atoms with Crippen LogP contribution in [-0.4, -0.2) is 63.4 Å². The molecule has 2 aromatic heterocycles. The summed E-state index contributed by atoms with van der Waals surface area (Å²) < 4.78 is 1.38. The fourth-order valence-corrected chi connectivity index (χ4v) is 6.13. The average Bonchev–Trinajstić information content (AvgIpc) is 3.25. The Kier molecular flexibility index (Phi) is 9.33. The number of rotatable bonds is 10. The Morgan fingerprint density at radius 3 is 2.66 bits per heavy atom. The Morgan fingerprint density at radius 1 is 1.18 bits per heavy atom. The Hall–Kier alpha value is -3.04. The molecule has 0 radical (unpaired) electrons. The van der Waals surface area contributed by atoms with Gasteiger partial charge in [0.25, 0.3) is 11.5 Å². The highest BCUT2D eigenvalue weighted by Gasteiger charge is 2.25. The van der Waals surface area contributed by atoms with Crippen molar-refractivity contribution in [2.24, 2.45) is 0 Å². The molecule has 1 unspecified atom stereocenters. The van der Waals surface area contributed by atoms with Gasteiger partial charge in [-0.2, -0.15) is 0 Å². The molecule has 1 saturated heterocycles. The maximum atomic E-state index is 13.2. The zero-order valence-electron chi connectivity index (χ0n) is 23.0. The fraction of sp³-hybridized carbons (Fsp3) is 0.517. The molecule has 8 nitrogen and oxygen atoms in total. The first kappa shape index (κ1) is 28.0. The Balaban J connectivity index is 1.36. The number of aromatic nitrogens is 2. The number of piperidine rings is 1. The van der Waals surface area contributed by atoms with Crippen molar-refractivity contribution in [1.82, 2.24) is 24.7 Å². The normalized spacial score (nSPS) is 15.8. The van der Waals surface area contributed by atoms with Crippen LogP contribution in [0.25, 0.3) is 10.2 Å². The summed E-state index contributed by atoms with van der Waals surface area (Å²) in [6, 6.07) is 8.78. The van der Waals surface area contributed by atoms with E-state index in [4.69, 9.17) is 0 Å². The Morgan fingerprint density at radius 2 is 1.95 bits per heavy atom. The minimum Gasteiger partial charge on any atom is -0.351 e. The van der Waals surface area contributed by atoms with Crippen molar-refractivity contribution in [3.8, 4) is 0 Å². The molecule has 3 aromatic rings. The molecule has 38 heavy (non-hydrogen) atoms. The van der Waals surface area contributed by atoms with Gasteiger partial charge < -0.3 is 10.2 Å². The number of amides is 2. The van der Waals surface area contributed by atoms with E-state index in [0.717, 1.165) is 51.9 Å². The van der Waals surface area contributed by atoms with E-state index in [1.54, 1.807) is 6.92 Å². The molecule has 1 fully saturated rings. The smallest absolute Gasteiger partial charge is 0.262 e. The molecule has 1 atom stereocenters. The zero-order chi connectivity index (χ0) is 27.2. The number of carbonyl (C=O) groups excluding carboxylic acids is 2. The summed E-state index contributed by atoms with van der Waals surface area (Å²) in [5.41, 5.74) is 2.90. The molecule has 4 rings (SSSR count). The van der Waals surface area contributed by atoms with Crippen LogP contribution in [0.3, 0.4) is 0 Å². The first-order valence-electron chi connectivity index (χ1n) is 13.6. The number of aryl methyl sites for hydroxylation is 2. The number of thiophene rings is 1. The summed E-state index contributed by atoms with van der Waals surface area (Å²) in [6.45, 7) is 12.0. The van der Waals surface area contributed by atoms with Crippen molar-refractivity contribution in [3.05, 3.63) is 62.5 Å². The third-order valence-electron chi connectivity index (χ3n) is 7.46. The largest absolute Gasteiger partial charge is 0.351 e. The predicted octanol–water partition coefficient (Wildman–Crippen LogP) is 4.12. The van der Waals surface area contributed by atoms with Gasteiger partial charge in [-0.15, -0.1) is 11.3 Å². The van der Waals surface area contributed by atoms with Gasteiger partial charge in [-0.3, -0.25) is 23.9 Å². The zero-order valence-corrected chi connectivity index (χ0v) is 23.8. The minimum absolute atomic E-state index is 0.0283. The van der Waals surface area contributed by atoms with Gasteiger partial charge in [0.05, 0.1) is 16.6 Å². The number of fused-ring (bicyclic) bond motifs is 1. The number of nitrogens with zero attached hydrogens (tertiary/aromatic N) is 4. The third kappa shape index (κ3) is 6.50. The molecule has 0 spiro atoms. The molecular formula is C29H39N5O3S. The summed E-state index contributed by atoms with van der Waals surface area (Å²) in [5, 5.41) is 3.44. The monoisotopic (exact) mass is 537 g/mol. The predicted molar refractivity (Wildman–Crippen MR) is 153 cm³/mol. The lowest BCUT2D eigenvalue weighted by Crippen LogP contribution is -2.44. The van der Waals surface area contributed by atoms with Crippen molar-refractivity contribution in [2.45, 2.75) is 72.5 Å². The summed E-state index contributed by atoms with van der Waals surface area (Å²) in [7, 11) is 0. The van der Waals surface area contributed by atoms with Gasteiger partial charge in [-0.1, -0.05) is 36.8 Å². The average molecular weight is 538 g/mol. The van der Waals surface area contributed by atoms with Crippen LogP contribution in [-0.2, 0) is 17.9 Å². The van der Waals surface area contributed by atoms with E-state index in [1.165, 1.54) is 33.4 Å². The van der Waals surface area contributed by atoms with Crippen molar-refractivity contribution >= 4 is 33.4 Å². The van der Waals surface area contributed by atoms with E-state index in [0.29, 0.717) is 27.2 Å². The summed E-state index contributed by atoms with van der Waals surface area (Å²) in [5.74, 6) is -0.244. The van der Waals surface area contributed by atoms with Gasteiger partial charge in [-0.05, 0) is 64.1 Å². The van der Waals surface area contributed by atoms with Crippen LogP contribution in [0.4, 0.5) is 0 Å². The van der Waals surface area contributed by atoms with Crippen molar-refractivity contribution in [3.63, 3.8) is 0 Å². The van der Waals surface area contributed by atoms with E-state index in [-0.39, 0.29) is 30.0 Å². The second-order valence-electron chi connectivity index (χ2n) is 10.3. The molecule has 1 aromatic carbocycles. The van der Waals surface area contributed by atoms with E-state index in [1.807, 2.05) is 4.90 Å². The van der Waals surface area contributed by atoms with Crippen LogP contribution >= 0.6 is 11.3 Å². The van der Waals surface area contributed by atoms with E-state index < -0.39 is 0 Å². The molecule has 3 heterocycles. The number of benzene rings is 1. The summed E-state index contributed by atoms with van der Waals surface area (Å²) >= 11 is 1.23. The number of nitrogens with one attached hydrogen (secondary N) is 1. The molecule has 1 aliphatic heterocycles. The van der Waals surface area contributed by atoms with Crippen molar-refractivity contribution in [2.75, 3.05) is 26.2 Å². The van der Waals surface area contributed by atoms with Gasteiger partial charge >= 0.3 is 0 Å². The molecule has 0 bridgehead atoms. The van der Waals surface area contributed by atoms with Gasteiger partial charge in [-0.25, -0.2) is 4.98 Å². The Bertz CT molecular complexity index is 1330. The SMILES string of the molecule is CCN(CCCNC(=O)c1sc2ncn(CC(=O)N3CCCCC3C)c(=O)c2c1C)Cc1ccc(C)cc1. The maximum Gasteiger partial charge on any atom is 0.262 e. The fourth-order valence-electron chi connectivity index (χ4n) is 5.08. The molecule has 204 valence electrons. The second-order valence-corrected chi connectivity index (χ2v) is 11.3. The highest BCUT2D eigenvalue weighted by Crippen LogP contribution is 2.27. The molecule has 2 amide bonds. The van der Waals surface area contributed by atoms with Crippen LogP contribution in [0.1, 0.15) is 65.9 Å². The van der Waals surface area contributed by atoms with Gasteiger partial charge in [0, 0.05) is 32.2 Å². The Labute approximate surface area is 228 Å². The number of hydrogen-bond donors (Lipinski definition) is 1. The highest BCUT2D eigenvalue weighted by atomic mass is 32.1. The molecule has 9 heteroatoms. The first-order valence-corrected chi connectivity index (χ1v) is 14.4. The first-order chi connectivity index (χ1) is 18.3. The van der Waals surface area contributed by atoms with Gasteiger partial charge in [0.15, 0.2) is 0 Å². The standard InChI is InChI=1S/C29H39N5O3S/c1-5-32(17-23-12-10-20(2)11-13-23)15-8-14-30-27(36)26-22(4)25-28(38-26)31-19-33(29(25)37)18-24(35)34-16-7-6-9-21(34)3/h10-13,19,21H,5-9,14-18H2,1-4H3,(H,30,36). The lowest BCUT2D eigenvalue weighted by atomic mass is 10.0. The van der Waals surface area contributed by atoms with Crippen LogP contribution in [0.15, 0.2) is 35.4 Å². The third-order valence-corrected chi connectivity index (χ3v) is 8.66. The number of carbonyl (C=O) groups is 2. The van der Waals surface area contributed by atoms with Crippen molar-refractivity contribution < 1.29 is 9.59 Å². The molecule has 0 saturated carbocycles. The minimum atomic E-state index is -0.268. The quantitative estimate of drug-likeness (QED) is 0.393. The number of likely N-dealkylation sites (tertiary alicyclic amines) is 1. The van der Waals surface area contributed by atoms with Crippen LogP contribution in [0.5, 0.6) is 0 Å². The van der Waals surface area contributed by atoms with E-state index in [2.05, 4.69) is 60.2 Å². The van der Waals surface area contributed by atoms with Gasteiger partial charge in [0.2, 0.25) is 5.91 Å². The topological polar surface area (TPSA) is 87.5 Å². The summed E-state index contributed by atoms with van der Waals surface area (Å²) in [4.78, 5) is 48.8. The highest BCUT2D eigenvalue weighted by molar-refractivity contribution is 7.20. The van der Waals surface area contributed by atoms with E-state index in [9.17, 15) is 14.4 Å². The van der Waals surface area contributed by atoms with Crippen LogP contribution < -0.4 is 10.9 Å². The lowest BCUT2D eigenvalue weighted by Gasteiger charge is -2.33. The van der Waals surface area contributed by atoms with Crippen molar-refractivity contribution in [1.29, 1.82) is 0 Å². The number of hydrogen-bond acceptors (Lipinski definition) is 6. The van der Waals surface area contributed by atoms with E-state index >= 15 is 0 Å². The maximum absolute atomic E-state index is 13.2. The lowest BCUT2D eigenvalue weighted by molar-refractivity contribution is -0.135. The second kappa shape index (κ2) is 12.7. The van der Waals surface area contributed by atoms with Crippen LogP contribution in [0.2, 0.25) is 0 Å². The molecule has 1 aliphatic rings. The molecule has 0 aliphatic carbocycles.